The molecule has 0 radical (unpaired) electrons. The second kappa shape index (κ2) is 10.1. The quantitative estimate of drug-likeness (QED) is 0.617. The first-order valence-electron chi connectivity index (χ1n) is 10.6. The zero-order valence-corrected chi connectivity index (χ0v) is 17.8. The van der Waals surface area contributed by atoms with Gasteiger partial charge >= 0.3 is 0 Å². The van der Waals surface area contributed by atoms with E-state index < -0.39 is 11.7 Å². The summed E-state index contributed by atoms with van der Waals surface area (Å²) in [5, 5.41) is 2.45. The Morgan fingerprint density at radius 2 is 1.52 bits per heavy atom. The molecule has 33 heavy (non-hydrogen) atoms. The molecule has 3 aromatic carbocycles. The van der Waals surface area contributed by atoms with E-state index in [0.717, 1.165) is 5.69 Å². The van der Waals surface area contributed by atoms with Crippen molar-refractivity contribution in [1.29, 1.82) is 0 Å². The Labute approximate surface area is 190 Å². The van der Waals surface area contributed by atoms with E-state index in [2.05, 4.69) is 10.2 Å². The molecule has 0 atom stereocenters. The molecule has 0 saturated carbocycles. The minimum absolute atomic E-state index is 0.0643. The summed E-state index contributed by atoms with van der Waals surface area (Å²) in [5.74, 6) is -1.27. The number of hydrogen-bond acceptors (Lipinski definition) is 4. The van der Waals surface area contributed by atoms with Crippen molar-refractivity contribution < 1.29 is 23.1 Å². The maximum Gasteiger partial charge on any atom is 0.262 e. The van der Waals surface area contributed by atoms with Crippen LogP contribution in [0.3, 0.4) is 0 Å². The lowest BCUT2D eigenvalue weighted by molar-refractivity contribution is -0.118. The second-order valence-corrected chi connectivity index (χ2v) is 7.57. The summed E-state index contributed by atoms with van der Waals surface area (Å²) in [6.45, 7) is 1.87. The van der Waals surface area contributed by atoms with Crippen molar-refractivity contribution in [1.82, 2.24) is 4.90 Å². The fourth-order valence-electron chi connectivity index (χ4n) is 3.65. The van der Waals surface area contributed by atoms with Gasteiger partial charge in [-0.3, -0.25) is 9.59 Å². The van der Waals surface area contributed by atoms with Gasteiger partial charge in [0.1, 0.15) is 17.4 Å². The Kier molecular flexibility index (Phi) is 6.83. The van der Waals surface area contributed by atoms with Crippen molar-refractivity contribution in [2.24, 2.45) is 0 Å². The van der Waals surface area contributed by atoms with Crippen LogP contribution >= 0.6 is 0 Å². The van der Waals surface area contributed by atoms with E-state index in [4.69, 9.17) is 4.74 Å². The summed E-state index contributed by atoms with van der Waals surface area (Å²) in [6, 6.07) is 18.9. The molecule has 8 heteroatoms. The van der Waals surface area contributed by atoms with Gasteiger partial charge in [0.15, 0.2) is 6.61 Å². The first-order chi connectivity index (χ1) is 16.0. The van der Waals surface area contributed by atoms with E-state index in [1.807, 2.05) is 0 Å². The molecule has 1 aliphatic rings. The van der Waals surface area contributed by atoms with Crippen molar-refractivity contribution in [2.75, 3.05) is 43.0 Å². The van der Waals surface area contributed by atoms with Crippen LogP contribution in [0.25, 0.3) is 0 Å². The standard InChI is InChI=1S/C25H23F2N3O3/c26-18-9-11-19(12-10-18)29-13-15-30(16-14-29)25(32)20-5-1-4-8-23(20)33-17-24(31)28-22-7-3-2-6-21(22)27/h1-12H,13-17H2,(H,28,31). The fraction of sp³-hybridized carbons (Fsp3) is 0.200. The van der Waals surface area contributed by atoms with Gasteiger partial charge in [0, 0.05) is 31.9 Å². The minimum Gasteiger partial charge on any atom is -0.483 e. The number of amides is 2. The molecule has 6 nitrogen and oxygen atoms in total. The highest BCUT2D eigenvalue weighted by Gasteiger charge is 2.24. The molecule has 1 heterocycles. The van der Waals surface area contributed by atoms with Crippen LogP contribution in [0.4, 0.5) is 20.2 Å². The number of benzene rings is 3. The van der Waals surface area contributed by atoms with E-state index in [1.165, 1.54) is 30.3 Å². The third kappa shape index (κ3) is 5.46. The lowest BCUT2D eigenvalue weighted by Gasteiger charge is -2.36. The average molecular weight is 451 g/mol. The first kappa shape index (κ1) is 22.3. The van der Waals surface area contributed by atoms with E-state index in [9.17, 15) is 18.4 Å². The van der Waals surface area contributed by atoms with Crippen molar-refractivity contribution in [3.8, 4) is 5.75 Å². The molecule has 0 unspecified atom stereocenters. The Morgan fingerprint density at radius 3 is 2.24 bits per heavy atom. The number of halogens is 2. The predicted molar refractivity (Wildman–Crippen MR) is 121 cm³/mol. The third-order valence-electron chi connectivity index (χ3n) is 5.38. The lowest BCUT2D eigenvalue weighted by atomic mass is 10.1. The number of carbonyl (C=O) groups excluding carboxylic acids is 2. The van der Waals surface area contributed by atoms with Gasteiger partial charge in [-0.2, -0.15) is 0 Å². The summed E-state index contributed by atoms with van der Waals surface area (Å²) in [5.41, 5.74) is 1.33. The highest BCUT2D eigenvalue weighted by molar-refractivity contribution is 5.97. The number of piperazine rings is 1. The van der Waals surface area contributed by atoms with E-state index in [-0.39, 0.29) is 29.8 Å². The summed E-state index contributed by atoms with van der Waals surface area (Å²) < 4.78 is 32.5. The highest BCUT2D eigenvalue weighted by Crippen LogP contribution is 2.23. The summed E-state index contributed by atoms with van der Waals surface area (Å²) in [6.07, 6.45) is 0. The molecule has 0 aliphatic carbocycles. The topological polar surface area (TPSA) is 61.9 Å². The maximum atomic E-state index is 13.7. The summed E-state index contributed by atoms with van der Waals surface area (Å²) >= 11 is 0. The number of hydrogen-bond donors (Lipinski definition) is 1. The molecule has 0 aromatic heterocycles. The molecule has 2 amide bonds. The Hall–Kier alpha value is -3.94. The highest BCUT2D eigenvalue weighted by atomic mass is 19.1. The molecular formula is C25H23F2N3O3. The Morgan fingerprint density at radius 1 is 0.848 bits per heavy atom. The van der Waals surface area contributed by atoms with Crippen LogP contribution in [0.5, 0.6) is 5.75 Å². The summed E-state index contributed by atoms with van der Waals surface area (Å²) in [4.78, 5) is 29.1. The van der Waals surface area contributed by atoms with Gasteiger partial charge in [0.05, 0.1) is 11.3 Å². The number of anilines is 2. The van der Waals surface area contributed by atoms with Crippen LogP contribution in [0.1, 0.15) is 10.4 Å². The summed E-state index contributed by atoms with van der Waals surface area (Å²) in [7, 11) is 0. The average Bonchev–Trinajstić information content (AvgIpc) is 2.84. The van der Waals surface area contributed by atoms with Crippen LogP contribution in [0.15, 0.2) is 72.8 Å². The number of para-hydroxylation sites is 2. The Bertz CT molecular complexity index is 1130. The molecule has 1 fully saturated rings. The van der Waals surface area contributed by atoms with Gasteiger partial charge < -0.3 is 19.9 Å². The van der Waals surface area contributed by atoms with Crippen LogP contribution in [-0.4, -0.2) is 49.5 Å². The molecule has 0 spiro atoms. The molecule has 3 aromatic rings. The maximum absolute atomic E-state index is 13.7. The number of ether oxygens (including phenoxy) is 1. The molecule has 1 N–H and O–H groups in total. The molecule has 1 saturated heterocycles. The Balaban J connectivity index is 1.36. The normalized spacial score (nSPS) is 13.5. The minimum atomic E-state index is -0.541. The van der Waals surface area contributed by atoms with E-state index in [1.54, 1.807) is 47.4 Å². The van der Waals surface area contributed by atoms with Crippen molar-refractivity contribution in [3.05, 3.63) is 90.0 Å². The third-order valence-corrected chi connectivity index (χ3v) is 5.38. The van der Waals surface area contributed by atoms with Gasteiger partial charge in [-0.1, -0.05) is 24.3 Å². The van der Waals surface area contributed by atoms with Gasteiger partial charge in [-0.05, 0) is 48.5 Å². The number of rotatable bonds is 6. The zero-order chi connectivity index (χ0) is 23.2. The van der Waals surface area contributed by atoms with Crippen LogP contribution in [0, 0.1) is 11.6 Å². The fourth-order valence-corrected chi connectivity index (χ4v) is 3.65. The largest absolute Gasteiger partial charge is 0.483 e. The monoisotopic (exact) mass is 451 g/mol. The molecule has 0 bridgehead atoms. The molecular weight excluding hydrogens is 428 g/mol. The van der Waals surface area contributed by atoms with Crippen LogP contribution in [-0.2, 0) is 4.79 Å². The molecule has 170 valence electrons. The molecule has 1 aliphatic heterocycles. The second-order valence-electron chi connectivity index (χ2n) is 7.57. The van der Waals surface area contributed by atoms with Crippen LogP contribution < -0.4 is 15.0 Å². The predicted octanol–water partition coefficient (Wildman–Crippen LogP) is 3.94. The lowest BCUT2D eigenvalue weighted by Crippen LogP contribution is -2.48. The van der Waals surface area contributed by atoms with Crippen LogP contribution in [0.2, 0.25) is 0 Å². The number of nitrogens with one attached hydrogen (secondary N) is 1. The number of nitrogens with zero attached hydrogens (tertiary/aromatic N) is 2. The van der Waals surface area contributed by atoms with Gasteiger partial charge in [-0.15, -0.1) is 0 Å². The number of carbonyl (C=O) groups is 2. The molecule has 4 rings (SSSR count). The van der Waals surface area contributed by atoms with Crippen molar-refractivity contribution in [2.45, 2.75) is 0 Å². The smallest absolute Gasteiger partial charge is 0.262 e. The van der Waals surface area contributed by atoms with Gasteiger partial charge in [0.2, 0.25) is 0 Å². The van der Waals surface area contributed by atoms with Gasteiger partial charge in [-0.25, -0.2) is 8.78 Å². The first-order valence-corrected chi connectivity index (χ1v) is 10.6. The van der Waals surface area contributed by atoms with Gasteiger partial charge in [0.25, 0.3) is 11.8 Å². The SMILES string of the molecule is O=C(COc1ccccc1C(=O)N1CCN(c2ccc(F)cc2)CC1)Nc1ccccc1F. The zero-order valence-electron chi connectivity index (χ0n) is 17.8. The van der Waals surface area contributed by atoms with E-state index in [0.29, 0.717) is 31.7 Å². The van der Waals surface area contributed by atoms with Crippen molar-refractivity contribution >= 4 is 23.2 Å². The van der Waals surface area contributed by atoms with E-state index >= 15 is 0 Å². The van der Waals surface area contributed by atoms with Crippen molar-refractivity contribution in [3.63, 3.8) is 0 Å².